The number of benzene rings is 1. The first-order valence-corrected chi connectivity index (χ1v) is 13.6. The fourth-order valence-corrected chi connectivity index (χ4v) is 4.86. The molecule has 1 saturated heterocycles. The van der Waals surface area contributed by atoms with Gasteiger partial charge in [0.05, 0.1) is 17.8 Å². The number of alkyl halides is 5. The van der Waals surface area contributed by atoms with Gasteiger partial charge in [-0.05, 0) is 84.7 Å². The Morgan fingerprint density at radius 2 is 1.88 bits per heavy atom. The fourth-order valence-electron chi connectivity index (χ4n) is 4.63. The molecule has 4 rings (SSSR count). The molecule has 1 aliphatic heterocycles. The van der Waals surface area contributed by atoms with Crippen LogP contribution in [0.5, 0.6) is 11.6 Å². The molecule has 8 nitrogen and oxygen atoms in total. The summed E-state index contributed by atoms with van der Waals surface area (Å²) in [4.78, 5) is 35.9. The molecule has 1 aromatic carbocycles. The number of aromatic carboxylic acids is 1. The van der Waals surface area contributed by atoms with Gasteiger partial charge in [-0.15, -0.1) is 0 Å². The van der Waals surface area contributed by atoms with E-state index >= 15 is 0 Å². The average Bonchev–Trinajstić information content (AvgIpc) is 2.89. The minimum Gasteiger partial charge on any atom is -0.478 e. The molecule has 1 N–H and O–H groups in total. The lowest BCUT2D eigenvalue weighted by Crippen LogP contribution is -2.42. The molecule has 0 radical (unpaired) electrons. The third-order valence-electron chi connectivity index (χ3n) is 6.45. The van der Waals surface area contributed by atoms with Gasteiger partial charge in [-0.3, -0.25) is 9.69 Å². The molecule has 2 aromatic heterocycles. The number of hydrogen-bond acceptors (Lipinski definition) is 6. The zero-order valence-corrected chi connectivity index (χ0v) is 24.0. The van der Waals surface area contributed by atoms with Gasteiger partial charge in [-0.25, -0.2) is 23.5 Å². The molecule has 42 heavy (non-hydrogen) atoms. The number of carbonyl (C=O) groups is 2. The summed E-state index contributed by atoms with van der Waals surface area (Å²) in [7, 11) is 0. The highest BCUT2D eigenvalue weighted by atomic mass is 79.9. The van der Waals surface area contributed by atoms with Crippen LogP contribution in [0.3, 0.4) is 0 Å². The van der Waals surface area contributed by atoms with Gasteiger partial charge in [0.2, 0.25) is 5.88 Å². The van der Waals surface area contributed by atoms with Crippen molar-refractivity contribution in [3.8, 4) is 11.6 Å². The predicted molar refractivity (Wildman–Crippen MR) is 146 cm³/mol. The standard InChI is InChI=1S/C28H26BrF5N4O4/c1-16(2)38(25(39)22-6-4-18(29)13-35-22)23-7-5-19(11-20(23)26(40)41)42-24-21(28(32,33)34)10-17(12-36-24)14-37-9-3-8-27(30,31)15-37/h4-7,10-13,16H,3,8-9,14-15H2,1-2H3,(H,40,41). The van der Waals surface area contributed by atoms with Crippen molar-refractivity contribution in [2.75, 3.05) is 18.0 Å². The van der Waals surface area contributed by atoms with Gasteiger partial charge in [-0.1, -0.05) is 0 Å². The Labute approximate surface area is 246 Å². The van der Waals surface area contributed by atoms with Gasteiger partial charge in [0.25, 0.3) is 11.8 Å². The van der Waals surface area contributed by atoms with E-state index < -0.39 is 53.6 Å². The Hall–Kier alpha value is -3.65. The molecule has 224 valence electrons. The van der Waals surface area contributed by atoms with Crippen LogP contribution >= 0.6 is 15.9 Å². The molecule has 0 unspecified atom stereocenters. The zero-order chi connectivity index (χ0) is 30.8. The lowest BCUT2D eigenvalue weighted by molar-refractivity contribution is -0.139. The second-order valence-corrected chi connectivity index (χ2v) is 11.0. The summed E-state index contributed by atoms with van der Waals surface area (Å²) >= 11 is 3.23. The largest absolute Gasteiger partial charge is 0.478 e. The Morgan fingerprint density at radius 1 is 1.14 bits per heavy atom. The van der Waals surface area contributed by atoms with Crippen molar-refractivity contribution in [3.05, 3.63) is 75.6 Å². The molecule has 0 atom stereocenters. The number of ether oxygens (including phenoxy) is 1. The molecule has 14 heteroatoms. The molecular weight excluding hydrogens is 631 g/mol. The lowest BCUT2D eigenvalue weighted by Gasteiger charge is -2.32. The zero-order valence-electron chi connectivity index (χ0n) is 22.5. The van der Waals surface area contributed by atoms with Crippen molar-refractivity contribution < 1.29 is 41.4 Å². The number of carboxylic acid groups (broad SMARTS) is 1. The second kappa shape index (κ2) is 12.3. The molecule has 0 bridgehead atoms. The van der Waals surface area contributed by atoms with Gasteiger partial charge < -0.3 is 14.7 Å². The average molecular weight is 657 g/mol. The minimum atomic E-state index is -4.90. The van der Waals surface area contributed by atoms with Crippen LogP contribution in [0.4, 0.5) is 27.6 Å². The maximum absolute atomic E-state index is 14.0. The van der Waals surface area contributed by atoms with Crippen molar-refractivity contribution in [2.45, 2.75) is 51.4 Å². The summed E-state index contributed by atoms with van der Waals surface area (Å²) in [5.74, 6) is -6.06. The third kappa shape index (κ3) is 7.40. The van der Waals surface area contributed by atoms with Crippen LogP contribution in [0.25, 0.3) is 0 Å². The number of carboxylic acids is 1. The van der Waals surface area contributed by atoms with Crippen LogP contribution in [0.1, 0.15) is 58.7 Å². The van der Waals surface area contributed by atoms with E-state index in [0.717, 1.165) is 18.3 Å². The minimum absolute atomic E-state index is 0.0164. The van der Waals surface area contributed by atoms with Crippen molar-refractivity contribution in [3.63, 3.8) is 0 Å². The number of likely N-dealkylation sites (tertiary alicyclic amines) is 1. The molecule has 0 aliphatic carbocycles. The molecule has 1 aliphatic rings. The van der Waals surface area contributed by atoms with Crippen molar-refractivity contribution in [2.24, 2.45) is 0 Å². The van der Waals surface area contributed by atoms with E-state index in [2.05, 4.69) is 25.9 Å². The molecule has 3 aromatic rings. The van der Waals surface area contributed by atoms with E-state index in [9.17, 15) is 36.6 Å². The summed E-state index contributed by atoms with van der Waals surface area (Å²) in [6.45, 7) is 2.92. The topological polar surface area (TPSA) is 95.9 Å². The Balaban J connectivity index is 1.65. The first-order valence-electron chi connectivity index (χ1n) is 12.8. The summed E-state index contributed by atoms with van der Waals surface area (Å²) in [5.41, 5.74) is -1.54. The van der Waals surface area contributed by atoms with Crippen molar-refractivity contribution in [1.82, 2.24) is 14.9 Å². The quantitative estimate of drug-likeness (QED) is 0.260. The first-order chi connectivity index (χ1) is 19.6. The second-order valence-electron chi connectivity index (χ2n) is 10.1. The summed E-state index contributed by atoms with van der Waals surface area (Å²) < 4.78 is 75.5. The van der Waals surface area contributed by atoms with Crippen molar-refractivity contribution in [1.29, 1.82) is 0 Å². The van der Waals surface area contributed by atoms with E-state index in [0.29, 0.717) is 11.0 Å². The smallest absolute Gasteiger partial charge is 0.421 e. The Kier molecular flexibility index (Phi) is 9.16. The van der Waals surface area contributed by atoms with E-state index in [1.54, 1.807) is 19.9 Å². The van der Waals surface area contributed by atoms with E-state index in [1.807, 2.05) is 0 Å². The number of piperidine rings is 1. The van der Waals surface area contributed by atoms with E-state index in [1.165, 1.54) is 34.2 Å². The monoisotopic (exact) mass is 656 g/mol. The van der Waals surface area contributed by atoms with Crippen LogP contribution in [-0.2, 0) is 12.7 Å². The molecule has 0 saturated carbocycles. The predicted octanol–water partition coefficient (Wildman–Crippen LogP) is 7.03. The van der Waals surface area contributed by atoms with E-state index in [4.69, 9.17) is 4.74 Å². The number of rotatable bonds is 8. The fraction of sp³-hybridized carbons (Fsp3) is 0.357. The van der Waals surface area contributed by atoms with Crippen LogP contribution in [0.15, 0.2) is 53.3 Å². The first kappa shape index (κ1) is 31.3. The molecular formula is C28H26BrF5N4O4. The Bertz CT molecular complexity index is 1470. The summed E-state index contributed by atoms with van der Waals surface area (Å²) in [6.07, 6.45) is -2.44. The van der Waals surface area contributed by atoms with Crippen LogP contribution in [0, 0.1) is 0 Å². The maximum atomic E-state index is 14.0. The molecule has 1 fully saturated rings. The Morgan fingerprint density at radius 3 is 2.48 bits per heavy atom. The molecule has 0 spiro atoms. The summed E-state index contributed by atoms with van der Waals surface area (Å²) in [5, 5.41) is 9.92. The normalized spacial score (nSPS) is 15.5. The van der Waals surface area contributed by atoms with Gasteiger partial charge in [-0.2, -0.15) is 13.2 Å². The van der Waals surface area contributed by atoms with Gasteiger partial charge >= 0.3 is 12.1 Å². The highest BCUT2D eigenvalue weighted by Crippen LogP contribution is 2.39. The molecule has 1 amide bonds. The molecule has 3 heterocycles. The third-order valence-corrected chi connectivity index (χ3v) is 6.91. The number of aromatic nitrogens is 2. The lowest BCUT2D eigenvalue weighted by atomic mass is 10.1. The van der Waals surface area contributed by atoms with Crippen molar-refractivity contribution >= 4 is 33.5 Å². The number of pyridine rings is 2. The highest BCUT2D eigenvalue weighted by molar-refractivity contribution is 9.10. The number of amides is 1. The number of nitrogens with zero attached hydrogens (tertiary/aromatic N) is 4. The number of carbonyl (C=O) groups excluding carboxylic acids is 1. The van der Waals surface area contributed by atoms with Crippen LogP contribution in [-0.4, -0.2) is 56.9 Å². The van der Waals surface area contributed by atoms with Gasteiger partial charge in [0, 0.05) is 35.9 Å². The van der Waals surface area contributed by atoms with Gasteiger partial charge in [0.15, 0.2) is 0 Å². The maximum Gasteiger partial charge on any atom is 0.421 e. The van der Waals surface area contributed by atoms with Crippen LogP contribution in [0.2, 0.25) is 0 Å². The number of anilines is 1. The SMILES string of the molecule is CC(C)N(C(=O)c1ccc(Br)cn1)c1ccc(Oc2ncc(CN3CCCC(F)(F)C3)cc2C(F)(F)F)cc1C(=O)O. The number of halogens is 6. The highest BCUT2D eigenvalue weighted by Gasteiger charge is 2.38. The van der Waals surface area contributed by atoms with Gasteiger partial charge in [0.1, 0.15) is 17.0 Å². The number of hydrogen-bond donors (Lipinski definition) is 1. The van der Waals surface area contributed by atoms with E-state index in [-0.39, 0.29) is 42.1 Å². The summed E-state index contributed by atoms with van der Waals surface area (Å²) in [6, 6.07) is 6.82. The van der Waals surface area contributed by atoms with Crippen LogP contribution < -0.4 is 9.64 Å².